The van der Waals surface area contributed by atoms with Crippen LogP contribution in [0.3, 0.4) is 0 Å². The largest absolute Gasteiger partial charge is 0.496 e. The lowest BCUT2D eigenvalue weighted by Crippen LogP contribution is -2.31. The van der Waals surface area contributed by atoms with Crippen molar-refractivity contribution in [2.24, 2.45) is 0 Å². The second-order valence-electron chi connectivity index (χ2n) is 6.84. The van der Waals surface area contributed by atoms with Crippen molar-refractivity contribution in [2.75, 3.05) is 7.11 Å². The molecule has 3 rings (SSSR count). The van der Waals surface area contributed by atoms with E-state index in [9.17, 15) is 13.2 Å². The van der Waals surface area contributed by atoms with Gasteiger partial charge in [-0.1, -0.05) is 28.9 Å². The molecule has 0 aliphatic heterocycles. The fraction of sp³-hybridized carbons (Fsp3) is 0.250. The Morgan fingerprint density at radius 3 is 2.68 bits per heavy atom. The van der Waals surface area contributed by atoms with Crippen LogP contribution in [0.4, 0.5) is 0 Å². The molecule has 0 saturated carbocycles. The molecule has 9 nitrogen and oxygen atoms in total. The molecule has 11 heteroatoms. The smallest absolute Gasteiger partial charge is 0.255 e. The second-order valence-corrected chi connectivity index (χ2v) is 9.04. The summed E-state index contributed by atoms with van der Waals surface area (Å²) in [5, 5.41) is 7.07. The highest BCUT2D eigenvalue weighted by molar-refractivity contribution is 7.89. The number of benzene rings is 2. The average molecular weight is 465 g/mol. The lowest BCUT2D eigenvalue weighted by Gasteiger charge is -2.13. The van der Waals surface area contributed by atoms with Crippen LogP contribution in [0.2, 0.25) is 5.02 Å². The number of ether oxygens (including phenoxy) is 1. The van der Waals surface area contributed by atoms with Crippen LogP contribution in [-0.4, -0.2) is 37.6 Å². The topological polar surface area (TPSA) is 123 Å². The van der Waals surface area contributed by atoms with Gasteiger partial charge in [0, 0.05) is 16.6 Å². The van der Waals surface area contributed by atoms with Crippen molar-refractivity contribution in [1.82, 2.24) is 20.2 Å². The number of aromatic nitrogens is 2. The van der Waals surface area contributed by atoms with Gasteiger partial charge >= 0.3 is 0 Å². The van der Waals surface area contributed by atoms with Crippen LogP contribution in [0.25, 0.3) is 11.4 Å². The number of nitrogens with zero attached hydrogens (tertiary/aromatic N) is 2. The van der Waals surface area contributed by atoms with Crippen molar-refractivity contribution in [2.45, 2.75) is 31.3 Å². The number of hydrogen-bond donors (Lipinski definition) is 2. The normalized spacial score (nSPS) is 11.5. The molecule has 0 bridgehead atoms. The van der Waals surface area contributed by atoms with Crippen molar-refractivity contribution in [3.05, 3.63) is 58.9 Å². The van der Waals surface area contributed by atoms with Crippen LogP contribution in [0.15, 0.2) is 51.9 Å². The zero-order valence-electron chi connectivity index (χ0n) is 17.0. The maximum atomic E-state index is 12.7. The fourth-order valence-electron chi connectivity index (χ4n) is 2.68. The maximum Gasteiger partial charge on any atom is 0.255 e. The monoisotopic (exact) mass is 464 g/mol. The van der Waals surface area contributed by atoms with E-state index in [1.807, 2.05) is 0 Å². The first kappa shape index (κ1) is 22.7. The van der Waals surface area contributed by atoms with E-state index < -0.39 is 15.9 Å². The summed E-state index contributed by atoms with van der Waals surface area (Å²) in [7, 11) is -2.56. The molecule has 2 aromatic carbocycles. The summed E-state index contributed by atoms with van der Waals surface area (Å²) in [5.74, 6) is 0.186. The molecule has 0 unspecified atom stereocenters. The van der Waals surface area contributed by atoms with Gasteiger partial charge in [-0.05, 0) is 44.2 Å². The first-order valence-corrected chi connectivity index (χ1v) is 11.1. The third-order valence-electron chi connectivity index (χ3n) is 4.11. The van der Waals surface area contributed by atoms with Crippen molar-refractivity contribution in [1.29, 1.82) is 0 Å². The Morgan fingerprint density at radius 1 is 1.23 bits per heavy atom. The molecule has 31 heavy (non-hydrogen) atoms. The summed E-state index contributed by atoms with van der Waals surface area (Å²) < 4.78 is 38.2. The lowest BCUT2D eigenvalue weighted by molar-refractivity contribution is 0.0940. The van der Waals surface area contributed by atoms with Gasteiger partial charge in [-0.25, -0.2) is 13.1 Å². The van der Waals surface area contributed by atoms with Crippen LogP contribution in [0, 0.1) is 0 Å². The summed E-state index contributed by atoms with van der Waals surface area (Å²) in [6.07, 6.45) is 0. The number of sulfonamides is 1. The summed E-state index contributed by atoms with van der Waals surface area (Å²) in [4.78, 5) is 16.5. The summed E-state index contributed by atoms with van der Waals surface area (Å²) in [6, 6.07) is 10.8. The summed E-state index contributed by atoms with van der Waals surface area (Å²) in [5.41, 5.74) is 0.751. The number of halogens is 1. The number of methoxy groups -OCH3 is 1. The zero-order valence-corrected chi connectivity index (χ0v) is 18.6. The van der Waals surface area contributed by atoms with Crippen molar-refractivity contribution >= 4 is 27.5 Å². The van der Waals surface area contributed by atoms with Gasteiger partial charge in [0.15, 0.2) is 0 Å². The average Bonchev–Trinajstić information content (AvgIpc) is 3.20. The summed E-state index contributed by atoms with van der Waals surface area (Å²) >= 11 is 5.96. The first-order valence-electron chi connectivity index (χ1n) is 9.26. The molecule has 0 saturated heterocycles. The van der Waals surface area contributed by atoms with Gasteiger partial charge in [0.05, 0.1) is 24.1 Å². The number of carbonyl (C=O) groups excluding carboxylic acids is 1. The van der Waals surface area contributed by atoms with Crippen molar-refractivity contribution in [3.8, 4) is 17.1 Å². The first-order chi connectivity index (χ1) is 14.7. The van der Waals surface area contributed by atoms with E-state index in [1.54, 1.807) is 38.1 Å². The predicted octanol–water partition coefficient (Wildman–Crippen LogP) is 3.02. The predicted molar refractivity (Wildman–Crippen MR) is 114 cm³/mol. The molecule has 0 aliphatic rings. The third kappa shape index (κ3) is 5.60. The van der Waals surface area contributed by atoms with E-state index in [2.05, 4.69) is 20.2 Å². The molecule has 0 spiro atoms. The standard InChI is InChI=1S/C20H21ClN4O5S/c1-12(2)23-20(26)16-10-15(7-8-17(16)29-3)31(27,28)22-11-18-24-19(25-30-18)13-5-4-6-14(21)9-13/h4-10,12,22H,11H2,1-3H3,(H,23,26). The van der Waals surface area contributed by atoms with Gasteiger partial charge in [-0.3, -0.25) is 4.79 Å². The molecule has 1 heterocycles. The van der Waals surface area contributed by atoms with Crippen LogP contribution < -0.4 is 14.8 Å². The van der Waals surface area contributed by atoms with Crippen LogP contribution >= 0.6 is 11.6 Å². The lowest BCUT2D eigenvalue weighted by atomic mass is 10.2. The second kappa shape index (κ2) is 9.46. The molecule has 1 amide bonds. The molecule has 0 fully saturated rings. The molecule has 0 aliphatic carbocycles. The van der Waals surface area contributed by atoms with Crippen molar-refractivity contribution < 1.29 is 22.5 Å². The molecule has 3 aromatic rings. The van der Waals surface area contributed by atoms with Gasteiger partial charge in [0.25, 0.3) is 5.91 Å². The highest BCUT2D eigenvalue weighted by atomic mass is 35.5. The highest BCUT2D eigenvalue weighted by Crippen LogP contribution is 2.23. The Hall–Kier alpha value is -2.95. The number of hydrogen-bond acceptors (Lipinski definition) is 7. The van der Waals surface area contributed by atoms with E-state index in [-0.39, 0.29) is 40.5 Å². The molecule has 2 N–H and O–H groups in total. The minimum Gasteiger partial charge on any atom is -0.496 e. The quantitative estimate of drug-likeness (QED) is 0.525. The van der Waals surface area contributed by atoms with Crippen LogP contribution in [0.1, 0.15) is 30.1 Å². The minimum atomic E-state index is -3.96. The van der Waals surface area contributed by atoms with E-state index in [0.717, 1.165) is 0 Å². The summed E-state index contributed by atoms with van der Waals surface area (Å²) in [6.45, 7) is 3.37. The van der Waals surface area contributed by atoms with Crippen LogP contribution in [-0.2, 0) is 16.6 Å². The van der Waals surface area contributed by atoms with Crippen molar-refractivity contribution in [3.63, 3.8) is 0 Å². The van der Waals surface area contributed by atoms with Gasteiger partial charge in [-0.15, -0.1) is 0 Å². The van der Waals surface area contributed by atoms with Gasteiger partial charge in [0.1, 0.15) is 5.75 Å². The maximum absolute atomic E-state index is 12.7. The Kier molecular flexibility index (Phi) is 6.94. The molecular formula is C20H21ClN4O5S. The van der Waals surface area contributed by atoms with E-state index in [1.165, 1.54) is 25.3 Å². The number of nitrogens with one attached hydrogen (secondary N) is 2. The van der Waals surface area contributed by atoms with Gasteiger partial charge < -0.3 is 14.6 Å². The number of carbonyl (C=O) groups is 1. The Labute approximate surface area is 184 Å². The zero-order chi connectivity index (χ0) is 22.6. The third-order valence-corrected chi connectivity index (χ3v) is 5.74. The molecule has 0 radical (unpaired) electrons. The van der Waals surface area contributed by atoms with Gasteiger partial charge in [0.2, 0.25) is 21.7 Å². The fourth-order valence-corrected chi connectivity index (χ4v) is 3.87. The Morgan fingerprint density at radius 2 is 2.00 bits per heavy atom. The molecule has 0 atom stereocenters. The number of amides is 1. The van der Waals surface area contributed by atoms with E-state index >= 15 is 0 Å². The molecule has 164 valence electrons. The van der Waals surface area contributed by atoms with E-state index in [4.69, 9.17) is 20.9 Å². The Bertz CT molecular complexity index is 1190. The SMILES string of the molecule is COc1ccc(S(=O)(=O)NCc2nc(-c3cccc(Cl)c3)no2)cc1C(=O)NC(C)C. The minimum absolute atomic E-state index is 0.0739. The molecular weight excluding hydrogens is 444 g/mol. The Balaban J connectivity index is 1.77. The van der Waals surface area contributed by atoms with Gasteiger partial charge in [-0.2, -0.15) is 4.98 Å². The van der Waals surface area contributed by atoms with E-state index in [0.29, 0.717) is 10.6 Å². The molecule has 1 aromatic heterocycles. The number of rotatable bonds is 8. The highest BCUT2D eigenvalue weighted by Gasteiger charge is 2.21. The van der Waals surface area contributed by atoms with Crippen LogP contribution in [0.5, 0.6) is 5.75 Å².